The number of alkyl halides is 6. The Balaban J connectivity index is 2.45. The summed E-state index contributed by atoms with van der Waals surface area (Å²) in [6, 6.07) is 12.4. The summed E-state index contributed by atoms with van der Waals surface area (Å²) in [7, 11) is 0. The minimum absolute atomic E-state index is 0.0447. The SMILES string of the molecule is Nc1cc(N(c2ccccc2)c2ccccc2C(F)(F)F)c(C(F)(F)F)c(N)c1N. The molecule has 0 amide bonds. The molecule has 30 heavy (non-hydrogen) atoms. The quantitative estimate of drug-likeness (QED) is 0.358. The van der Waals surface area contributed by atoms with E-state index in [0.717, 1.165) is 29.2 Å². The van der Waals surface area contributed by atoms with Crippen molar-refractivity contribution in [1.29, 1.82) is 0 Å². The van der Waals surface area contributed by atoms with Crippen LogP contribution in [0.1, 0.15) is 11.1 Å². The lowest BCUT2D eigenvalue weighted by Crippen LogP contribution is -2.22. The molecule has 158 valence electrons. The Bertz CT molecular complexity index is 1060. The molecule has 3 aromatic rings. The second kappa shape index (κ2) is 7.36. The van der Waals surface area contributed by atoms with Crippen LogP contribution in [0.4, 0.5) is 60.5 Å². The van der Waals surface area contributed by atoms with Gasteiger partial charge in [0.1, 0.15) is 5.56 Å². The van der Waals surface area contributed by atoms with Gasteiger partial charge in [-0.3, -0.25) is 0 Å². The van der Waals surface area contributed by atoms with Crippen LogP contribution in [-0.4, -0.2) is 0 Å². The second-order valence-corrected chi connectivity index (χ2v) is 6.37. The average Bonchev–Trinajstić information content (AvgIpc) is 2.66. The second-order valence-electron chi connectivity index (χ2n) is 6.37. The Kier molecular flexibility index (Phi) is 5.19. The molecule has 6 N–H and O–H groups in total. The topological polar surface area (TPSA) is 81.3 Å². The number of rotatable bonds is 3. The van der Waals surface area contributed by atoms with Gasteiger partial charge in [0.25, 0.3) is 0 Å². The van der Waals surface area contributed by atoms with Crippen molar-refractivity contribution < 1.29 is 26.3 Å². The Labute approximate surface area is 167 Å². The van der Waals surface area contributed by atoms with E-state index in [0.29, 0.717) is 0 Å². The molecule has 0 fully saturated rings. The fourth-order valence-corrected chi connectivity index (χ4v) is 3.09. The van der Waals surface area contributed by atoms with Crippen LogP contribution in [0.15, 0.2) is 60.7 Å². The first-order valence-corrected chi connectivity index (χ1v) is 8.49. The van der Waals surface area contributed by atoms with Crippen molar-refractivity contribution in [3.8, 4) is 0 Å². The fraction of sp³-hybridized carbons (Fsp3) is 0.100. The van der Waals surface area contributed by atoms with Crippen LogP contribution in [0, 0.1) is 0 Å². The first kappa shape index (κ1) is 21.2. The van der Waals surface area contributed by atoms with Crippen LogP contribution in [0.3, 0.4) is 0 Å². The molecule has 0 aromatic heterocycles. The van der Waals surface area contributed by atoms with Crippen LogP contribution in [0.2, 0.25) is 0 Å². The average molecular weight is 426 g/mol. The van der Waals surface area contributed by atoms with Gasteiger partial charge >= 0.3 is 12.4 Å². The standard InChI is InChI=1S/C20H16F6N4/c21-19(22,23)12-8-4-5-9-14(12)30(11-6-2-1-3-7-11)15-10-13(27)17(28)18(29)16(15)20(24,25)26/h1-10H,27-29H2. The van der Waals surface area contributed by atoms with Gasteiger partial charge in [-0.15, -0.1) is 0 Å². The van der Waals surface area contributed by atoms with Crippen LogP contribution in [0.5, 0.6) is 0 Å². The highest BCUT2D eigenvalue weighted by molar-refractivity contribution is 5.92. The highest BCUT2D eigenvalue weighted by Crippen LogP contribution is 2.50. The third kappa shape index (κ3) is 3.80. The minimum atomic E-state index is -5.01. The van der Waals surface area contributed by atoms with E-state index in [1.165, 1.54) is 30.3 Å². The van der Waals surface area contributed by atoms with Crippen LogP contribution in [-0.2, 0) is 12.4 Å². The van der Waals surface area contributed by atoms with E-state index in [1.807, 2.05) is 0 Å². The van der Waals surface area contributed by atoms with E-state index in [-0.39, 0.29) is 11.4 Å². The van der Waals surface area contributed by atoms with Gasteiger partial charge in [-0.25, -0.2) is 0 Å². The molecule has 0 atom stereocenters. The van der Waals surface area contributed by atoms with Gasteiger partial charge in [0.2, 0.25) is 0 Å². The van der Waals surface area contributed by atoms with Crippen LogP contribution >= 0.6 is 0 Å². The predicted octanol–water partition coefficient (Wildman–Crippen LogP) is 5.94. The molecule has 0 aliphatic rings. The van der Waals surface area contributed by atoms with Crippen LogP contribution < -0.4 is 22.1 Å². The summed E-state index contributed by atoms with van der Waals surface area (Å²) in [5.41, 5.74) is 11.6. The zero-order valence-corrected chi connectivity index (χ0v) is 15.2. The molecule has 0 saturated carbocycles. The van der Waals surface area contributed by atoms with Gasteiger partial charge in [-0.2, -0.15) is 26.3 Å². The molecule has 3 aromatic carbocycles. The molecule has 0 radical (unpaired) electrons. The largest absolute Gasteiger partial charge is 0.420 e. The van der Waals surface area contributed by atoms with Gasteiger partial charge in [0.15, 0.2) is 0 Å². The van der Waals surface area contributed by atoms with Crippen molar-refractivity contribution in [3.05, 3.63) is 71.8 Å². The molecule has 0 aliphatic heterocycles. The summed E-state index contributed by atoms with van der Waals surface area (Å²) < 4.78 is 82.8. The lowest BCUT2D eigenvalue weighted by atomic mass is 10.0. The smallest absolute Gasteiger partial charge is 0.397 e. The monoisotopic (exact) mass is 426 g/mol. The van der Waals surface area contributed by atoms with Crippen molar-refractivity contribution in [3.63, 3.8) is 0 Å². The summed E-state index contributed by atoms with van der Waals surface area (Å²) >= 11 is 0. The highest BCUT2D eigenvalue weighted by atomic mass is 19.4. The van der Waals surface area contributed by atoms with Crippen molar-refractivity contribution in [2.24, 2.45) is 0 Å². The van der Waals surface area contributed by atoms with Crippen molar-refractivity contribution >= 4 is 34.1 Å². The summed E-state index contributed by atoms with van der Waals surface area (Å²) in [5.74, 6) is 0. The maximum Gasteiger partial charge on any atom is 0.420 e. The number of nitrogens with zero attached hydrogens (tertiary/aromatic N) is 1. The normalized spacial score (nSPS) is 12.1. The zero-order chi connectivity index (χ0) is 22.3. The Hall–Kier alpha value is -3.56. The number of hydrogen-bond acceptors (Lipinski definition) is 4. The van der Waals surface area contributed by atoms with E-state index in [2.05, 4.69) is 0 Å². The number of anilines is 6. The number of hydrogen-bond donors (Lipinski definition) is 3. The van der Waals surface area contributed by atoms with Gasteiger partial charge in [-0.1, -0.05) is 30.3 Å². The third-order valence-corrected chi connectivity index (χ3v) is 4.41. The molecule has 0 bridgehead atoms. The number of para-hydroxylation sites is 2. The predicted molar refractivity (Wildman–Crippen MR) is 104 cm³/mol. The van der Waals surface area contributed by atoms with E-state index in [9.17, 15) is 26.3 Å². The van der Waals surface area contributed by atoms with Gasteiger partial charge in [0, 0.05) is 5.69 Å². The number of halogens is 6. The van der Waals surface area contributed by atoms with Gasteiger partial charge < -0.3 is 22.1 Å². The molecule has 4 nitrogen and oxygen atoms in total. The van der Waals surface area contributed by atoms with Crippen molar-refractivity contribution in [2.75, 3.05) is 22.1 Å². The summed E-state index contributed by atoms with van der Waals surface area (Å²) in [5, 5.41) is 0. The summed E-state index contributed by atoms with van der Waals surface area (Å²) in [4.78, 5) is 0.817. The lowest BCUT2D eigenvalue weighted by molar-refractivity contribution is -0.137. The molecular formula is C20H16F6N4. The zero-order valence-electron chi connectivity index (χ0n) is 15.2. The van der Waals surface area contributed by atoms with Crippen LogP contribution in [0.25, 0.3) is 0 Å². The maximum absolute atomic E-state index is 13.9. The van der Waals surface area contributed by atoms with E-state index >= 15 is 0 Å². The molecule has 0 heterocycles. The van der Waals surface area contributed by atoms with E-state index in [4.69, 9.17) is 17.2 Å². The molecule has 3 rings (SSSR count). The van der Waals surface area contributed by atoms with Gasteiger partial charge in [-0.05, 0) is 30.3 Å². The molecule has 0 unspecified atom stereocenters. The Morgan fingerprint density at radius 3 is 1.77 bits per heavy atom. The Morgan fingerprint density at radius 1 is 0.633 bits per heavy atom. The third-order valence-electron chi connectivity index (χ3n) is 4.41. The minimum Gasteiger partial charge on any atom is -0.397 e. The molecule has 0 spiro atoms. The lowest BCUT2D eigenvalue weighted by Gasteiger charge is -2.31. The molecule has 10 heteroatoms. The fourth-order valence-electron chi connectivity index (χ4n) is 3.09. The van der Waals surface area contributed by atoms with Gasteiger partial charge in [0.05, 0.1) is 34.0 Å². The molecule has 0 aliphatic carbocycles. The summed E-state index contributed by atoms with van der Waals surface area (Å²) in [6.07, 6.45) is -9.84. The maximum atomic E-state index is 13.9. The Morgan fingerprint density at radius 2 is 1.20 bits per heavy atom. The van der Waals surface area contributed by atoms with Crippen molar-refractivity contribution in [1.82, 2.24) is 0 Å². The van der Waals surface area contributed by atoms with Crippen molar-refractivity contribution in [2.45, 2.75) is 12.4 Å². The first-order chi connectivity index (χ1) is 13.9. The first-order valence-electron chi connectivity index (χ1n) is 8.49. The number of nitrogens with two attached hydrogens (primary N) is 3. The molecule has 0 saturated heterocycles. The highest BCUT2D eigenvalue weighted by Gasteiger charge is 2.41. The number of benzene rings is 3. The van der Waals surface area contributed by atoms with E-state index in [1.54, 1.807) is 6.07 Å². The molecular weight excluding hydrogens is 410 g/mol. The summed E-state index contributed by atoms with van der Waals surface area (Å²) in [6.45, 7) is 0. The number of nitrogen functional groups attached to an aromatic ring is 3. The van der Waals surface area contributed by atoms with E-state index < -0.39 is 46.2 Å².